The van der Waals surface area contributed by atoms with E-state index in [2.05, 4.69) is 26.9 Å². The highest BCUT2D eigenvalue weighted by molar-refractivity contribution is 5.53. The van der Waals surface area contributed by atoms with Crippen molar-refractivity contribution in [2.24, 2.45) is 0 Å². The number of hydrogen-bond donors (Lipinski definition) is 0. The van der Waals surface area contributed by atoms with Gasteiger partial charge in [-0.25, -0.2) is 0 Å². The topological polar surface area (TPSA) is 88.5 Å². The molecule has 0 bridgehead atoms. The van der Waals surface area contributed by atoms with Gasteiger partial charge in [0.25, 0.3) is 5.69 Å². The van der Waals surface area contributed by atoms with E-state index in [4.69, 9.17) is 4.52 Å². The first-order valence-corrected chi connectivity index (χ1v) is 9.24. The summed E-state index contributed by atoms with van der Waals surface area (Å²) in [5, 5.41) is 14.9. The molecule has 8 heteroatoms. The Bertz CT molecular complexity index is 934. The van der Waals surface area contributed by atoms with Crippen molar-refractivity contribution in [3.63, 3.8) is 0 Å². The summed E-state index contributed by atoms with van der Waals surface area (Å²) >= 11 is 0. The molecule has 2 aromatic carbocycles. The van der Waals surface area contributed by atoms with Crippen LogP contribution < -0.4 is 4.90 Å². The zero-order valence-electron chi connectivity index (χ0n) is 15.6. The van der Waals surface area contributed by atoms with E-state index in [0.29, 0.717) is 11.7 Å². The molecule has 2 heterocycles. The summed E-state index contributed by atoms with van der Waals surface area (Å²) in [5.41, 5.74) is 2.05. The maximum Gasteiger partial charge on any atom is 0.269 e. The first-order chi connectivity index (χ1) is 13.6. The van der Waals surface area contributed by atoms with Crippen molar-refractivity contribution in [2.45, 2.75) is 13.0 Å². The fourth-order valence-corrected chi connectivity index (χ4v) is 3.42. The second-order valence-corrected chi connectivity index (χ2v) is 6.79. The molecule has 4 rings (SSSR count). The van der Waals surface area contributed by atoms with Crippen molar-refractivity contribution in [1.82, 2.24) is 15.0 Å². The number of nitrogens with zero attached hydrogens (tertiary/aromatic N) is 5. The molecule has 0 saturated carbocycles. The Morgan fingerprint density at radius 2 is 1.71 bits per heavy atom. The first kappa shape index (κ1) is 18.1. The van der Waals surface area contributed by atoms with Crippen LogP contribution in [-0.2, 0) is 0 Å². The van der Waals surface area contributed by atoms with Crippen LogP contribution in [0.2, 0.25) is 0 Å². The molecule has 0 unspecified atom stereocenters. The molecule has 1 aliphatic heterocycles. The maximum absolute atomic E-state index is 10.8. The smallest absolute Gasteiger partial charge is 0.269 e. The number of benzene rings is 2. The molecule has 0 aliphatic carbocycles. The lowest BCUT2D eigenvalue weighted by atomic mass is 10.2. The second kappa shape index (κ2) is 7.77. The van der Waals surface area contributed by atoms with Gasteiger partial charge >= 0.3 is 0 Å². The first-order valence-electron chi connectivity index (χ1n) is 9.24. The lowest BCUT2D eigenvalue weighted by Gasteiger charge is -2.38. The molecule has 1 saturated heterocycles. The van der Waals surface area contributed by atoms with Crippen molar-refractivity contribution in [3.05, 3.63) is 70.6 Å². The molecule has 0 N–H and O–H groups in total. The van der Waals surface area contributed by atoms with Crippen LogP contribution in [0.4, 0.5) is 11.4 Å². The SMILES string of the molecule is C[C@H](c1nc(-c2ccccc2)no1)N1CCN(c2ccc([N+](=O)[O-])cc2)CC1. The fourth-order valence-electron chi connectivity index (χ4n) is 3.42. The van der Waals surface area contributed by atoms with Crippen LogP contribution in [0.3, 0.4) is 0 Å². The Labute approximate surface area is 162 Å². The molecule has 0 radical (unpaired) electrons. The lowest BCUT2D eigenvalue weighted by molar-refractivity contribution is -0.384. The van der Waals surface area contributed by atoms with E-state index in [-0.39, 0.29) is 16.7 Å². The minimum Gasteiger partial charge on any atom is -0.369 e. The van der Waals surface area contributed by atoms with Crippen LogP contribution >= 0.6 is 0 Å². The minimum absolute atomic E-state index is 0.0315. The summed E-state index contributed by atoms with van der Waals surface area (Å²) in [6.45, 7) is 5.44. The van der Waals surface area contributed by atoms with Crippen LogP contribution in [0, 0.1) is 10.1 Å². The van der Waals surface area contributed by atoms with Gasteiger partial charge in [0, 0.05) is 49.6 Å². The third-order valence-electron chi connectivity index (χ3n) is 5.12. The number of aromatic nitrogens is 2. The normalized spacial score (nSPS) is 16.1. The Morgan fingerprint density at radius 1 is 1.04 bits per heavy atom. The average Bonchev–Trinajstić information content (AvgIpc) is 3.24. The third-order valence-corrected chi connectivity index (χ3v) is 5.12. The monoisotopic (exact) mass is 379 g/mol. The number of piperazine rings is 1. The molecular weight excluding hydrogens is 358 g/mol. The molecule has 28 heavy (non-hydrogen) atoms. The van der Waals surface area contributed by atoms with E-state index in [0.717, 1.165) is 37.4 Å². The highest BCUT2D eigenvalue weighted by Crippen LogP contribution is 2.25. The van der Waals surface area contributed by atoms with E-state index in [1.165, 1.54) is 0 Å². The number of hydrogen-bond acceptors (Lipinski definition) is 7. The lowest BCUT2D eigenvalue weighted by Crippen LogP contribution is -2.47. The average molecular weight is 379 g/mol. The largest absolute Gasteiger partial charge is 0.369 e. The van der Waals surface area contributed by atoms with E-state index in [9.17, 15) is 10.1 Å². The number of nitro groups is 1. The fraction of sp³-hybridized carbons (Fsp3) is 0.300. The van der Waals surface area contributed by atoms with Gasteiger partial charge in [-0.2, -0.15) is 4.98 Å². The predicted molar refractivity (Wildman–Crippen MR) is 105 cm³/mol. The molecule has 0 spiro atoms. The van der Waals surface area contributed by atoms with Gasteiger partial charge < -0.3 is 9.42 Å². The zero-order valence-corrected chi connectivity index (χ0v) is 15.6. The zero-order chi connectivity index (χ0) is 19.5. The van der Waals surface area contributed by atoms with Gasteiger partial charge in [0.1, 0.15) is 0 Å². The van der Waals surface area contributed by atoms with Gasteiger partial charge in [0.05, 0.1) is 11.0 Å². The summed E-state index contributed by atoms with van der Waals surface area (Å²) < 4.78 is 5.50. The summed E-state index contributed by atoms with van der Waals surface area (Å²) in [5.74, 6) is 1.22. The highest BCUT2D eigenvalue weighted by atomic mass is 16.6. The van der Waals surface area contributed by atoms with Gasteiger partial charge in [-0.1, -0.05) is 35.5 Å². The molecule has 1 fully saturated rings. The Morgan fingerprint density at radius 3 is 2.36 bits per heavy atom. The Kier molecular flexibility index (Phi) is 5.03. The van der Waals surface area contributed by atoms with Crippen LogP contribution in [-0.4, -0.2) is 46.1 Å². The van der Waals surface area contributed by atoms with Crippen molar-refractivity contribution in [1.29, 1.82) is 0 Å². The number of non-ortho nitro benzene ring substituents is 1. The minimum atomic E-state index is -0.377. The van der Waals surface area contributed by atoms with E-state index in [1.807, 2.05) is 30.3 Å². The van der Waals surface area contributed by atoms with Crippen molar-refractivity contribution >= 4 is 11.4 Å². The van der Waals surface area contributed by atoms with Crippen molar-refractivity contribution < 1.29 is 9.45 Å². The van der Waals surface area contributed by atoms with Gasteiger partial charge in [-0.15, -0.1) is 0 Å². The molecule has 144 valence electrons. The number of nitro benzene ring substituents is 1. The van der Waals surface area contributed by atoms with E-state index < -0.39 is 0 Å². The molecule has 1 atom stereocenters. The Hall–Kier alpha value is -3.26. The molecule has 1 aromatic heterocycles. The van der Waals surface area contributed by atoms with Crippen molar-refractivity contribution in [3.8, 4) is 11.4 Å². The molecular formula is C20H21N5O3. The molecule has 1 aliphatic rings. The predicted octanol–water partition coefficient (Wildman–Crippen LogP) is 3.53. The van der Waals surface area contributed by atoms with E-state index >= 15 is 0 Å². The van der Waals surface area contributed by atoms with Crippen molar-refractivity contribution in [2.75, 3.05) is 31.1 Å². The third kappa shape index (κ3) is 3.72. The van der Waals surface area contributed by atoms with Crippen LogP contribution in [0.5, 0.6) is 0 Å². The quantitative estimate of drug-likeness (QED) is 0.495. The molecule has 0 amide bonds. The van der Waals surface area contributed by atoms with Crippen LogP contribution in [0.1, 0.15) is 18.9 Å². The van der Waals surface area contributed by atoms with Gasteiger partial charge in [-0.3, -0.25) is 15.0 Å². The molecule has 8 nitrogen and oxygen atoms in total. The number of anilines is 1. The number of rotatable bonds is 5. The van der Waals surface area contributed by atoms with Gasteiger partial charge in [0.2, 0.25) is 11.7 Å². The van der Waals surface area contributed by atoms with Crippen LogP contribution in [0.15, 0.2) is 59.1 Å². The maximum atomic E-state index is 10.8. The van der Waals surface area contributed by atoms with Gasteiger partial charge in [0.15, 0.2) is 0 Å². The highest BCUT2D eigenvalue weighted by Gasteiger charge is 2.26. The Balaban J connectivity index is 1.38. The van der Waals surface area contributed by atoms with Gasteiger partial charge in [-0.05, 0) is 19.1 Å². The second-order valence-electron chi connectivity index (χ2n) is 6.79. The standard InChI is InChI=1S/C20H21N5O3/c1-15(20-21-19(22-28-20)16-5-3-2-4-6-16)23-11-13-24(14-12-23)17-7-9-18(10-8-17)25(26)27/h2-10,15H,11-14H2,1H3/t15-/m1/s1. The summed E-state index contributed by atoms with van der Waals surface area (Å²) in [6.07, 6.45) is 0. The molecule has 3 aromatic rings. The summed E-state index contributed by atoms with van der Waals surface area (Å²) in [6, 6.07) is 16.5. The summed E-state index contributed by atoms with van der Waals surface area (Å²) in [4.78, 5) is 19.5. The summed E-state index contributed by atoms with van der Waals surface area (Å²) in [7, 11) is 0. The van der Waals surface area contributed by atoms with E-state index in [1.54, 1.807) is 24.3 Å². The van der Waals surface area contributed by atoms with Crippen LogP contribution in [0.25, 0.3) is 11.4 Å².